The minimum absolute atomic E-state index is 0.604. The Morgan fingerprint density at radius 1 is 1.14 bits per heavy atom. The lowest BCUT2D eigenvalue weighted by Gasteiger charge is -2.18. The van der Waals surface area contributed by atoms with Gasteiger partial charge < -0.3 is 5.32 Å². The maximum atomic E-state index is 3.72. The van der Waals surface area contributed by atoms with Gasteiger partial charge in [-0.2, -0.15) is 0 Å². The molecule has 1 nitrogen and oxygen atoms in total. The van der Waals surface area contributed by atoms with Crippen LogP contribution in [0.5, 0.6) is 0 Å². The van der Waals surface area contributed by atoms with Gasteiger partial charge >= 0.3 is 0 Å². The van der Waals surface area contributed by atoms with Gasteiger partial charge in [-0.05, 0) is 62.6 Å². The van der Waals surface area contributed by atoms with Crippen molar-refractivity contribution >= 4 is 11.3 Å². The molecule has 1 N–H and O–H groups in total. The number of thiophene rings is 1. The average Bonchev–Trinajstić information content (AvgIpc) is 3.00. The molecule has 0 aliphatic carbocycles. The molecule has 114 valence electrons. The van der Waals surface area contributed by atoms with E-state index in [0.717, 1.165) is 13.0 Å². The van der Waals surface area contributed by atoms with Crippen LogP contribution in [0.1, 0.15) is 42.2 Å². The molecule has 0 fully saturated rings. The van der Waals surface area contributed by atoms with Crippen molar-refractivity contribution in [3.63, 3.8) is 0 Å². The predicted molar refractivity (Wildman–Crippen MR) is 94.2 cm³/mol. The van der Waals surface area contributed by atoms with Crippen molar-refractivity contribution in [3.8, 4) is 0 Å². The fraction of sp³-hybridized carbons (Fsp3) is 0.474. The Bertz CT molecular complexity index is 487. The molecule has 0 aliphatic rings. The third kappa shape index (κ3) is 6.03. The second-order valence-electron chi connectivity index (χ2n) is 5.81. The molecule has 0 amide bonds. The Hall–Kier alpha value is -1.12. The zero-order valence-corrected chi connectivity index (χ0v) is 14.1. The molecule has 21 heavy (non-hydrogen) atoms. The van der Waals surface area contributed by atoms with Gasteiger partial charge in [0.1, 0.15) is 0 Å². The molecule has 2 aromatic rings. The molecule has 2 rings (SSSR count). The lowest BCUT2D eigenvalue weighted by Crippen LogP contribution is -2.31. The quantitative estimate of drug-likeness (QED) is 0.688. The van der Waals surface area contributed by atoms with Crippen molar-refractivity contribution in [2.45, 2.75) is 52.0 Å². The van der Waals surface area contributed by atoms with Crippen molar-refractivity contribution in [3.05, 3.63) is 57.8 Å². The lowest BCUT2D eigenvalue weighted by molar-refractivity contribution is 0.465. The van der Waals surface area contributed by atoms with Gasteiger partial charge in [-0.1, -0.05) is 42.8 Å². The summed E-state index contributed by atoms with van der Waals surface area (Å²) in [7, 11) is 0. The lowest BCUT2D eigenvalue weighted by atomic mass is 9.99. The molecular formula is C19H27NS. The molecule has 0 saturated heterocycles. The third-order valence-corrected chi connectivity index (χ3v) is 4.78. The highest BCUT2D eigenvalue weighted by Crippen LogP contribution is 2.15. The maximum absolute atomic E-state index is 3.72. The Morgan fingerprint density at radius 3 is 2.62 bits per heavy atom. The van der Waals surface area contributed by atoms with Crippen molar-refractivity contribution in [2.75, 3.05) is 6.54 Å². The van der Waals surface area contributed by atoms with Gasteiger partial charge in [0.05, 0.1) is 0 Å². The summed E-state index contributed by atoms with van der Waals surface area (Å²) in [5.41, 5.74) is 2.79. The van der Waals surface area contributed by atoms with E-state index in [9.17, 15) is 0 Å². The number of rotatable bonds is 9. The van der Waals surface area contributed by atoms with Gasteiger partial charge in [0.15, 0.2) is 0 Å². The molecule has 0 spiro atoms. The summed E-state index contributed by atoms with van der Waals surface area (Å²) in [6.45, 7) is 5.51. The fourth-order valence-electron chi connectivity index (χ4n) is 2.61. The van der Waals surface area contributed by atoms with Crippen LogP contribution < -0.4 is 5.32 Å². The number of benzene rings is 1. The van der Waals surface area contributed by atoms with Crippen molar-refractivity contribution in [1.29, 1.82) is 0 Å². The van der Waals surface area contributed by atoms with Gasteiger partial charge in [0.25, 0.3) is 0 Å². The summed E-state index contributed by atoms with van der Waals surface area (Å²) in [6.07, 6.45) is 6.09. The standard InChI is InChI=1S/C19H27NS/c1-3-13-20-18(6-4-7-19-8-5-14-21-19)15-17-11-9-16(2)10-12-17/h5,8-12,14,18,20H,3-4,6-7,13,15H2,1-2H3. The number of nitrogens with one attached hydrogen (secondary N) is 1. The summed E-state index contributed by atoms with van der Waals surface area (Å²) < 4.78 is 0. The van der Waals surface area contributed by atoms with Crippen molar-refractivity contribution < 1.29 is 0 Å². The molecule has 0 aliphatic heterocycles. The maximum Gasteiger partial charge on any atom is 0.0108 e. The fourth-order valence-corrected chi connectivity index (χ4v) is 3.36. The molecule has 0 bridgehead atoms. The second kappa shape index (κ2) is 9.01. The first-order valence-electron chi connectivity index (χ1n) is 8.09. The molecule has 1 heterocycles. The predicted octanol–water partition coefficient (Wildman–Crippen LogP) is 4.99. The van der Waals surface area contributed by atoms with Crippen LogP contribution in [0.4, 0.5) is 0 Å². The Labute approximate surface area is 133 Å². The first kappa shape index (κ1) is 16.3. The Kier molecular flexibility index (Phi) is 6.98. The first-order valence-corrected chi connectivity index (χ1v) is 8.97. The highest BCUT2D eigenvalue weighted by Gasteiger charge is 2.09. The van der Waals surface area contributed by atoms with Crippen LogP contribution in [0.25, 0.3) is 0 Å². The number of aryl methyl sites for hydroxylation is 2. The summed E-state index contributed by atoms with van der Waals surface area (Å²) >= 11 is 1.88. The van der Waals surface area contributed by atoms with E-state index in [1.807, 2.05) is 11.3 Å². The Balaban J connectivity index is 1.83. The normalized spacial score (nSPS) is 12.5. The monoisotopic (exact) mass is 301 g/mol. The van der Waals surface area contributed by atoms with E-state index in [1.54, 1.807) is 0 Å². The minimum Gasteiger partial charge on any atom is -0.314 e. The highest BCUT2D eigenvalue weighted by atomic mass is 32.1. The molecule has 2 heteroatoms. The van der Waals surface area contributed by atoms with E-state index >= 15 is 0 Å². The van der Waals surface area contributed by atoms with Gasteiger partial charge in [0, 0.05) is 10.9 Å². The zero-order chi connectivity index (χ0) is 14.9. The summed E-state index contributed by atoms with van der Waals surface area (Å²) in [6, 6.07) is 14.0. The second-order valence-corrected chi connectivity index (χ2v) is 6.84. The summed E-state index contributed by atoms with van der Waals surface area (Å²) in [5, 5.41) is 5.89. The topological polar surface area (TPSA) is 12.0 Å². The smallest absolute Gasteiger partial charge is 0.0108 e. The van der Waals surface area contributed by atoms with Crippen LogP contribution in [0.2, 0.25) is 0 Å². The van der Waals surface area contributed by atoms with Crippen LogP contribution in [-0.2, 0) is 12.8 Å². The van der Waals surface area contributed by atoms with Crippen molar-refractivity contribution in [1.82, 2.24) is 5.32 Å². The Morgan fingerprint density at radius 2 is 1.95 bits per heavy atom. The van der Waals surface area contributed by atoms with E-state index in [-0.39, 0.29) is 0 Å². The third-order valence-electron chi connectivity index (χ3n) is 3.84. The SMILES string of the molecule is CCCNC(CCCc1cccs1)Cc1ccc(C)cc1. The van der Waals surface area contributed by atoms with E-state index in [0.29, 0.717) is 6.04 Å². The highest BCUT2D eigenvalue weighted by molar-refractivity contribution is 7.09. The van der Waals surface area contributed by atoms with Crippen LogP contribution >= 0.6 is 11.3 Å². The van der Waals surface area contributed by atoms with Crippen LogP contribution in [0.3, 0.4) is 0 Å². The van der Waals surface area contributed by atoms with Crippen LogP contribution in [0.15, 0.2) is 41.8 Å². The van der Waals surface area contributed by atoms with Crippen LogP contribution in [-0.4, -0.2) is 12.6 Å². The van der Waals surface area contributed by atoms with Gasteiger partial charge in [-0.25, -0.2) is 0 Å². The van der Waals surface area contributed by atoms with Gasteiger partial charge in [-0.15, -0.1) is 11.3 Å². The minimum atomic E-state index is 0.604. The van der Waals surface area contributed by atoms with Gasteiger partial charge in [0.2, 0.25) is 0 Å². The average molecular weight is 301 g/mol. The molecule has 1 atom stereocenters. The molecule has 1 aromatic carbocycles. The number of hydrogen-bond acceptors (Lipinski definition) is 2. The first-order chi connectivity index (χ1) is 10.3. The molecule has 0 saturated carbocycles. The van der Waals surface area contributed by atoms with E-state index in [2.05, 4.69) is 60.9 Å². The largest absolute Gasteiger partial charge is 0.314 e. The van der Waals surface area contributed by atoms with E-state index < -0.39 is 0 Å². The van der Waals surface area contributed by atoms with Crippen molar-refractivity contribution in [2.24, 2.45) is 0 Å². The molecule has 1 aromatic heterocycles. The van der Waals surface area contributed by atoms with E-state index in [1.165, 1.54) is 41.7 Å². The van der Waals surface area contributed by atoms with Crippen LogP contribution in [0, 0.1) is 6.92 Å². The van der Waals surface area contributed by atoms with Gasteiger partial charge in [-0.3, -0.25) is 0 Å². The van der Waals surface area contributed by atoms with E-state index in [4.69, 9.17) is 0 Å². The molecular weight excluding hydrogens is 274 g/mol. The molecule has 0 radical (unpaired) electrons. The number of hydrogen-bond donors (Lipinski definition) is 1. The molecule has 1 unspecified atom stereocenters. The summed E-state index contributed by atoms with van der Waals surface area (Å²) in [5.74, 6) is 0. The zero-order valence-electron chi connectivity index (χ0n) is 13.3. The summed E-state index contributed by atoms with van der Waals surface area (Å²) in [4.78, 5) is 1.51.